The van der Waals surface area contributed by atoms with Crippen LogP contribution in [-0.4, -0.2) is 30.1 Å². The molecule has 5 heteroatoms. The Kier molecular flexibility index (Phi) is 6.37. The Hall–Kier alpha value is -2.94. The summed E-state index contributed by atoms with van der Waals surface area (Å²) in [6.07, 6.45) is 0. The summed E-state index contributed by atoms with van der Waals surface area (Å²) in [7, 11) is 1.70. The van der Waals surface area contributed by atoms with Crippen LogP contribution in [0, 0.1) is 18.3 Å². The van der Waals surface area contributed by atoms with E-state index >= 15 is 0 Å². The summed E-state index contributed by atoms with van der Waals surface area (Å²) in [5.41, 5.74) is 3.72. The molecule has 0 bridgehead atoms. The van der Waals surface area contributed by atoms with Crippen molar-refractivity contribution in [1.82, 2.24) is 9.88 Å². The maximum absolute atomic E-state index is 8.95. The lowest BCUT2D eigenvalue weighted by Gasteiger charge is -2.21. The highest BCUT2D eigenvalue weighted by molar-refractivity contribution is 5.53. The van der Waals surface area contributed by atoms with Crippen LogP contribution in [0.4, 0.5) is 0 Å². The van der Waals surface area contributed by atoms with Gasteiger partial charge in [0.15, 0.2) is 0 Å². The maximum atomic E-state index is 8.95. The Labute approximate surface area is 159 Å². The van der Waals surface area contributed by atoms with Gasteiger partial charge in [0, 0.05) is 32.3 Å². The average molecular weight is 361 g/mol. The zero-order valence-corrected chi connectivity index (χ0v) is 15.7. The van der Waals surface area contributed by atoms with Gasteiger partial charge < -0.3 is 9.15 Å². The highest BCUT2D eigenvalue weighted by Gasteiger charge is 2.15. The molecule has 3 rings (SSSR count). The Morgan fingerprint density at radius 3 is 2.48 bits per heavy atom. The molecule has 27 heavy (non-hydrogen) atoms. The Balaban J connectivity index is 1.75. The molecule has 0 amide bonds. The number of benzene rings is 2. The van der Waals surface area contributed by atoms with E-state index in [0.29, 0.717) is 24.6 Å². The van der Waals surface area contributed by atoms with Crippen LogP contribution in [-0.2, 0) is 17.8 Å². The van der Waals surface area contributed by atoms with Gasteiger partial charge in [-0.3, -0.25) is 4.90 Å². The van der Waals surface area contributed by atoms with Crippen molar-refractivity contribution in [2.75, 3.05) is 20.3 Å². The highest BCUT2D eigenvalue weighted by atomic mass is 16.5. The number of nitriles is 1. The van der Waals surface area contributed by atoms with Gasteiger partial charge in [-0.2, -0.15) is 5.26 Å². The molecule has 1 aromatic heterocycles. The van der Waals surface area contributed by atoms with E-state index in [-0.39, 0.29) is 0 Å². The third-order valence-electron chi connectivity index (χ3n) is 4.39. The first-order valence-corrected chi connectivity index (χ1v) is 8.91. The highest BCUT2D eigenvalue weighted by Crippen LogP contribution is 2.22. The molecule has 0 N–H and O–H groups in total. The van der Waals surface area contributed by atoms with Gasteiger partial charge in [0.2, 0.25) is 5.89 Å². The Morgan fingerprint density at radius 1 is 1.07 bits per heavy atom. The van der Waals surface area contributed by atoms with Gasteiger partial charge in [-0.05, 0) is 36.8 Å². The van der Waals surface area contributed by atoms with Crippen LogP contribution in [0.5, 0.6) is 0 Å². The van der Waals surface area contributed by atoms with E-state index in [2.05, 4.69) is 11.0 Å². The topological polar surface area (TPSA) is 62.3 Å². The second kappa shape index (κ2) is 9.13. The second-order valence-corrected chi connectivity index (χ2v) is 6.40. The lowest BCUT2D eigenvalue weighted by atomic mass is 10.1. The largest absolute Gasteiger partial charge is 0.441 e. The molecule has 0 aliphatic heterocycles. The lowest BCUT2D eigenvalue weighted by Crippen LogP contribution is -2.27. The predicted molar refractivity (Wildman–Crippen MR) is 104 cm³/mol. The van der Waals surface area contributed by atoms with Gasteiger partial charge in [0.1, 0.15) is 5.76 Å². The van der Waals surface area contributed by atoms with Crippen molar-refractivity contribution in [2.24, 2.45) is 0 Å². The molecule has 0 atom stereocenters. The Bertz CT molecular complexity index is 896. The molecule has 2 aromatic carbocycles. The summed E-state index contributed by atoms with van der Waals surface area (Å²) >= 11 is 0. The van der Waals surface area contributed by atoms with Crippen molar-refractivity contribution in [2.45, 2.75) is 20.0 Å². The van der Waals surface area contributed by atoms with Gasteiger partial charge >= 0.3 is 0 Å². The van der Waals surface area contributed by atoms with Crippen molar-refractivity contribution in [3.05, 3.63) is 77.2 Å². The first-order chi connectivity index (χ1) is 13.2. The van der Waals surface area contributed by atoms with Gasteiger partial charge in [0.05, 0.1) is 23.9 Å². The van der Waals surface area contributed by atoms with Gasteiger partial charge in [-0.25, -0.2) is 4.98 Å². The number of hydrogen-bond donors (Lipinski definition) is 0. The van der Waals surface area contributed by atoms with E-state index in [0.717, 1.165) is 35.7 Å². The second-order valence-electron chi connectivity index (χ2n) is 6.40. The minimum absolute atomic E-state index is 0.638. The van der Waals surface area contributed by atoms with Crippen molar-refractivity contribution in [1.29, 1.82) is 5.26 Å². The first kappa shape index (κ1) is 18.8. The van der Waals surface area contributed by atoms with Crippen molar-refractivity contribution in [3.8, 4) is 17.5 Å². The smallest absolute Gasteiger partial charge is 0.226 e. The minimum atomic E-state index is 0.638. The number of rotatable bonds is 8. The normalized spacial score (nSPS) is 10.9. The van der Waals surface area contributed by atoms with Gasteiger partial charge in [0.25, 0.3) is 0 Å². The summed E-state index contributed by atoms with van der Waals surface area (Å²) in [6, 6.07) is 19.7. The minimum Gasteiger partial charge on any atom is -0.441 e. The molecular weight excluding hydrogens is 338 g/mol. The van der Waals surface area contributed by atoms with Crippen LogP contribution >= 0.6 is 0 Å². The molecule has 5 nitrogen and oxygen atoms in total. The number of ether oxygens (including phenoxy) is 1. The number of hydrogen-bond acceptors (Lipinski definition) is 5. The van der Waals surface area contributed by atoms with E-state index in [4.69, 9.17) is 19.4 Å². The molecule has 0 aliphatic carbocycles. The van der Waals surface area contributed by atoms with Crippen LogP contribution in [0.15, 0.2) is 59.0 Å². The standard InChI is InChI=1S/C22H23N3O2/c1-17-21(24-22(27-17)20-6-4-3-5-7-20)16-25(12-13-26-2)15-19-10-8-18(14-23)9-11-19/h3-11H,12-13,15-16H2,1-2H3. The van der Waals surface area contributed by atoms with E-state index < -0.39 is 0 Å². The number of methoxy groups -OCH3 is 1. The van der Waals surface area contributed by atoms with Crippen molar-refractivity contribution < 1.29 is 9.15 Å². The van der Waals surface area contributed by atoms with Crippen LogP contribution in [0.2, 0.25) is 0 Å². The van der Waals surface area contributed by atoms with E-state index in [1.165, 1.54) is 0 Å². The molecule has 0 fully saturated rings. The average Bonchev–Trinajstić information content (AvgIpc) is 3.08. The fourth-order valence-electron chi connectivity index (χ4n) is 2.87. The molecule has 0 unspecified atom stereocenters. The fourth-order valence-corrected chi connectivity index (χ4v) is 2.87. The molecular formula is C22H23N3O2. The summed E-state index contributed by atoms with van der Waals surface area (Å²) in [6.45, 7) is 4.79. The quantitative estimate of drug-likeness (QED) is 0.602. The SMILES string of the molecule is COCCN(Cc1ccc(C#N)cc1)Cc1nc(-c2ccccc2)oc1C. The zero-order chi connectivity index (χ0) is 19.1. The van der Waals surface area contributed by atoms with Crippen LogP contribution < -0.4 is 0 Å². The maximum Gasteiger partial charge on any atom is 0.226 e. The van der Waals surface area contributed by atoms with Crippen LogP contribution in [0.1, 0.15) is 22.6 Å². The Morgan fingerprint density at radius 2 is 1.81 bits per heavy atom. The van der Waals surface area contributed by atoms with Crippen molar-refractivity contribution >= 4 is 0 Å². The van der Waals surface area contributed by atoms with Gasteiger partial charge in [-0.1, -0.05) is 30.3 Å². The fraction of sp³-hybridized carbons (Fsp3) is 0.273. The summed E-state index contributed by atoms with van der Waals surface area (Å²) in [5.74, 6) is 1.48. The molecule has 0 aliphatic rings. The summed E-state index contributed by atoms with van der Waals surface area (Å²) in [4.78, 5) is 6.97. The number of aromatic nitrogens is 1. The van der Waals surface area contributed by atoms with Crippen LogP contribution in [0.3, 0.4) is 0 Å². The zero-order valence-electron chi connectivity index (χ0n) is 15.7. The van der Waals surface area contributed by atoms with Gasteiger partial charge in [-0.15, -0.1) is 0 Å². The summed E-state index contributed by atoms with van der Waals surface area (Å²) < 4.78 is 11.1. The lowest BCUT2D eigenvalue weighted by molar-refractivity contribution is 0.139. The molecule has 0 saturated carbocycles. The predicted octanol–water partition coefficient (Wildman–Crippen LogP) is 4.17. The van der Waals surface area contributed by atoms with E-state index in [1.54, 1.807) is 7.11 Å². The third kappa shape index (κ3) is 5.04. The molecule has 1 heterocycles. The van der Waals surface area contributed by atoms with Crippen LogP contribution in [0.25, 0.3) is 11.5 Å². The first-order valence-electron chi connectivity index (χ1n) is 8.91. The van der Waals surface area contributed by atoms with Crippen molar-refractivity contribution in [3.63, 3.8) is 0 Å². The monoisotopic (exact) mass is 361 g/mol. The molecule has 0 saturated heterocycles. The number of oxazole rings is 1. The molecule has 0 spiro atoms. The molecule has 138 valence electrons. The third-order valence-corrected chi connectivity index (χ3v) is 4.39. The number of aryl methyl sites for hydroxylation is 1. The number of nitrogens with zero attached hydrogens (tertiary/aromatic N) is 3. The van der Waals surface area contributed by atoms with E-state index in [9.17, 15) is 0 Å². The molecule has 3 aromatic rings. The molecule has 0 radical (unpaired) electrons. The van der Waals surface area contributed by atoms with E-state index in [1.807, 2.05) is 61.5 Å². The summed E-state index contributed by atoms with van der Waals surface area (Å²) in [5, 5.41) is 8.95.